The maximum absolute atomic E-state index is 9.25. The molecule has 4 heavy (non-hydrogen) atoms. The first kappa shape index (κ1) is 4.18. The van der Waals surface area contributed by atoms with Crippen LogP contribution in [0, 0.1) is 0 Å². The van der Waals surface area contributed by atoms with E-state index in [1.807, 2.05) is 0 Å². The Labute approximate surface area is 29.1 Å². The van der Waals surface area contributed by atoms with Crippen LogP contribution in [0.4, 0.5) is 0 Å². The first-order valence-corrected chi connectivity index (χ1v) is 1.85. The molecule has 0 aliphatic heterocycles. The molecule has 4 radical (unpaired) electrons. The van der Waals surface area contributed by atoms with Crippen molar-refractivity contribution in [2.75, 3.05) is 6.61 Å². The lowest BCUT2D eigenvalue weighted by molar-refractivity contribution is 0.212. The Morgan fingerprint density at radius 2 is 2.00 bits per heavy atom. The Morgan fingerprint density at radius 3 is 2.00 bits per heavy atom. The van der Waals surface area contributed by atoms with E-state index < -0.39 is 0 Å². The zero-order valence-electron chi connectivity index (χ0n) is 2.32. The van der Waals surface area contributed by atoms with Crippen LogP contribution in [-0.4, -0.2) is 16.8 Å². The molecule has 2 heteroatoms. The molecule has 1 nitrogen and oxygen atoms in total. The average molecular weight is 72.1 g/mol. The fraction of sp³-hybridized carbons (Fsp3) is 1.00. The van der Waals surface area contributed by atoms with E-state index in [-0.39, 0.29) is 6.61 Å². The Kier molecular flexibility index (Phi) is 3.32. The SMILES string of the molecule is [O]CC[Si]. The normalized spacial score (nSPS) is 7.50. The summed E-state index contributed by atoms with van der Waals surface area (Å²) in [4.78, 5) is 0. The second-order valence-corrected chi connectivity index (χ2v) is 0.954. The third-order valence-corrected chi connectivity index (χ3v) is 0.306. The van der Waals surface area contributed by atoms with E-state index in [9.17, 15) is 5.11 Å². The standard InChI is InChI=1S/C2H4OSi/c3-1-2-4/h1-2H2. The predicted molar refractivity (Wildman–Crippen MR) is 16.1 cm³/mol. The molecule has 22 valence electrons. The van der Waals surface area contributed by atoms with E-state index in [4.69, 9.17) is 0 Å². The van der Waals surface area contributed by atoms with Crippen molar-refractivity contribution in [1.82, 2.24) is 0 Å². The Bertz CT molecular complexity index is 8.00. The Morgan fingerprint density at radius 1 is 1.75 bits per heavy atom. The van der Waals surface area contributed by atoms with Crippen molar-refractivity contribution in [2.24, 2.45) is 0 Å². The van der Waals surface area contributed by atoms with Gasteiger partial charge in [-0.1, -0.05) is 0 Å². The van der Waals surface area contributed by atoms with Crippen LogP contribution < -0.4 is 0 Å². The average Bonchev–Trinajstić information content (AvgIpc) is 1.37. The monoisotopic (exact) mass is 72.0 g/mol. The molecular weight excluding hydrogens is 68.1 g/mol. The minimum absolute atomic E-state index is 0.0170. The van der Waals surface area contributed by atoms with Gasteiger partial charge in [-0.05, 0) is 6.04 Å². The molecule has 0 saturated carbocycles. The van der Waals surface area contributed by atoms with Crippen LogP contribution in [0.3, 0.4) is 0 Å². The van der Waals surface area contributed by atoms with Crippen LogP contribution in [0.2, 0.25) is 6.04 Å². The number of hydrogen-bond acceptors (Lipinski definition) is 0. The fourth-order valence-corrected chi connectivity index (χ4v) is 0. The van der Waals surface area contributed by atoms with Crippen LogP contribution >= 0.6 is 0 Å². The minimum Gasteiger partial charge on any atom is -0.237 e. The molecule has 0 aliphatic rings. The van der Waals surface area contributed by atoms with E-state index in [0.29, 0.717) is 6.04 Å². The molecule has 0 atom stereocenters. The molecule has 0 spiro atoms. The summed E-state index contributed by atoms with van der Waals surface area (Å²) in [6, 6.07) is 0.569. The highest BCUT2D eigenvalue weighted by Gasteiger charge is 1.61. The molecule has 0 amide bonds. The summed E-state index contributed by atoms with van der Waals surface area (Å²) in [6.07, 6.45) is 0. The molecule has 0 aromatic heterocycles. The van der Waals surface area contributed by atoms with Crippen LogP contribution in [-0.2, 0) is 5.11 Å². The highest BCUT2D eigenvalue weighted by molar-refractivity contribution is 6.08. The molecule has 0 fully saturated rings. The maximum Gasteiger partial charge on any atom is 0.0792 e. The Balaban J connectivity index is 1.97. The molecular formula is C2H4OSi. The van der Waals surface area contributed by atoms with Crippen molar-refractivity contribution in [3.05, 3.63) is 0 Å². The van der Waals surface area contributed by atoms with Crippen molar-refractivity contribution in [1.29, 1.82) is 0 Å². The molecule has 0 rings (SSSR count). The summed E-state index contributed by atoms with van der Waals surface area (Å²) in [5.74, 6) is 0. The number of rotatable bonds is 1. The van der Waals surface area contributed by atoms with E-state index in [1.165, 1.54) is 0 Å². The van der Waals surface area contributed by atoms with Crippen molar-refractivity contribution in [3.8, 4) is 0 Å². The van der Waals surface area contributed by atoms with E-state index in [0.717, 1.165) is 0 Å². The molecule has 0 heterocycles. The summed E-state index contributed by atoms with van der Waals surface area (Å²) in [6.45, 7) is -0.0170. The molecule has 0 aromatic rings. The lowest BCUT2D eigenvalue weighted by Gasteiger charge is -1.64. The summed E-state index contributed by atoms with van der Waals surface area (Å²) in [5, 5.41) is 9.25. The lowest BCUT2D eigenvalue weighted by Crippen LogP contribution is -1.70. The van der Waals surface area contributed by atoms with Crippen molar-refractivity contribution in [2.45, 2.75) is 6.04 Å². The van der Waals surface area contributed by atoms with Crippen LogP contribution in [0.5, 0.6) is 0 Å². The van der Waals surface area contributed by atoms with Gasteiger partial charge in [0.05, 0.1) is 6.61 Å². The lowest BCUT2D eigenvalue weighted by atomic mass is 10.9. The first-order valence-electron chi connectivity index (χ1n) is 1.14. The van der Waals surface area contributed by atoms with Gasteiger partial charge < -0.3 is 0 Å². The molecule has 0 saturated heterocycles. The largest absolute Gasteiger partial charge is 0.237 e. The molecule has 0 N–H and O–H groups in total. The number of hydrogen-bond donors (Lipinski definition) is 0. The molecule has 0 unspecified atom stereocenters. The summed E-state index contributed by atoms with van der Waals surface area (Å²) in [5.41, 5.74) is 0. The summed E-state index contributed by atoms with van der Waals surface area (Å²) < 4.78 is 0. The van der Waals surface area contributed by atoms with Crippen molar-refractivity contribution in [3.63, 3.8) is 0 Å². The molecule has 0 aromatic carbocycles. The van der Waals surface area contributed by atoms with Gasteiger partial charge in [-0.3, -0.25) is 0 Å². The second kappa shape index (κ2) is 3.18. The summed E-state index contributed by atoms with van der Waals surface area (Å²) in [7, 11) is 2.98. The quantitative estimate of drug-likeness (QED) is 0.389. The third kappa shape index (κ3) is 2.18. The minimum atomic E-state index is -0.0170. The predicted octanol–water partition coefficient (Wildman–Crippen LogP) is 0.00370. The van der Waals surface area contributed by atoms with E-state index in [2.05, 4.69) is 10.2 Å². The maximum atomic E-state index is 9.25. The zero-order chi connectivity index (χ0) is 3.41. The van der Waals surface area contributed by atoms with E-state index in [1.54, 1.807) is 0 Å². The second-order valence-electron chi connectivity index (χ2n) is 0.454. The van der Waals surface area contributed by atoms with Gasteiger partial charge in [0.15, 0.2) is 0 Å². The molecule has 0 aliphatic carbocycles. The smallest absolute Gasteiger partial charge is 0.0792 e. The van der Waals surface area contributed by atoms with Gasteiger partial charge >= 0.3 is 0 Å². The van der Waals surface area contributed by atoms with Gasteiger partial charge in [0.1, 0.15) is 0 Å². The first-order chi connectivity index (χ1) is 1.91. The fourth-order valence-electron chi connectivity index (χ4n) is 0. The highest BCUT2D eigenvalue weighted by atomic mass is 28.1. The van der Waals surface area contributed by atoms with Gasteiger partial charge in [-0.2, -0.15) is 0 Å². The Hall–Kier alpha value is 0.177. The molecule has 0 bridgehead atoms. The zero-order valence-corrected chi connectivity index (χ0v) is 3.32. The summed E-state index contributed by atoms with van der Waals surface area (Å²) >= 11 is 0. The van der Waals surface area contributed by atoms with E-state index >= 15 is 0 Å². The van der Waals surface area contributed by atoms with Gasteiger partial charge in [-0.25, -0.2) is 5.11 Å². The van der Waals surface area contributed by atoms with Gasteiger partial charge in [-0.15, -0.1) is 0 Å². The van der Waals surface area contributed by atoms with Crippen LogP contribution in [0.15, 0.2) is 0 Å². The van der Waals surface area contributed by atoms with Gasteiger partial charge in [0, 0.05) is 10.2 Å². The topological polar surface area (TPSA) is 19.9 Å². The van der Waals surface area contributed by atoms with Gasteiger partial charge in [0.25, 0.3) is 0 Å². The van der Waals surface area contributed by atoms with Crippen LogP contribution in [0.25, 0.3) is 0 Å². The van der Waals surface area contributed by atoms with Crippen molar-refractivity contribution < 1.29 is 5.11 Å². The van der Waals surface area contributed by atoms with Crippen molar-refractivity contribution >= 4 is 10.2 Å². The third-order valence-electron chi connectivity index (χ3n) is 0.102. The highest BCUT2D eigenvalue weighted by Crippen LogP contribution is 1.57. The van der Waals surface area contributed by atoms with Crippen LogP contribution in [0.1, 0.15) is 0 Å². The van der Waals surface area contributed by atoms with Gasteiger partial charge in [0.2, 0.25) is 0 Å².